The maximum absolute atomic E-state index is 12.6. The molecule has 0 heterocycles. The van der Waals surface area contributed by atoms with E-state index in [1.165, 1.54) is 32.8 Å². The molecule has 0 bridgehead atoms. The van der Waals surface area contributed by atoms with Crippen molar-refractivity contribution in [3.63, 3.8) is 0 Å². The van der Waals surface area contributed by atoms with E-state index < -0.39 is 6.10 Å². The summed E-state index contributed by atoms with van der Waals surface area (Å²) in [6.45, 7) is 0. The molecule has 3 aromatic rings. The lowest BCUT2D eigenvalue weighted by atomic mass is 9.92. The molecule has 1 aliphatic carbocycles. The maximum atomic E-state index is 12.6. The molecule has 3 N–H and O–H groups in total. The molecule has 1 aliphatic rings. The molecule has 5 nitrogen and oxygen atoms in total. The van der Waals surface area contributed by atoms with Gasteiger partial charge in [-0.2, -0.15) is 0 Å². The highest BCUT2D eigenvalue weighted by molar-refractivity contribution is 5.90. The number of hydrogen-bond donors (Lipinski definition) is 3. The molecule has 5 heteroatoms. The Morgan fingerprint density at radius 3 is 2.56 bits per heavy atom. The number of phenolic OH excluding ortho intramolecular Hbond substituents is 2. The number of aliphatic hydroxyl groups is 1. The second-order valence-electron chi connectivity index (χ2n) is 9.52. The van der Waals surface area contributed by atoms with Crippen LogP contribution in [0.1, 0.15) is 56.9 Å². The number of aromatic hydroxyl groups is 2. The Balaban J connectivity index is 1.49. The number of carbonyl (C=O) groups excluding carboxylic acids is 1. The van der Waals surface area contributed by atoms with Gasteiger partial charge in [0.25, 0.3) is 0 Å². The van der Waals surface area contributed by atoms with Crippen molar-refractivity contribution < 1.29 is 24.9 Å². The molecule has 0 saturated heterocycles. The molecule has 34 heavy (non-hydrogen) atoms. The molecule has 0 aromatic heterocycles. The minimum Gasteiger partial charge on any atom is -0.508 e. The lowest BCUT2D eigenvalue weighted by Crippen LogP contribution is -2.15. The van der Waals surface area contributed by atoms with Crippen LogP contribution in [0.15, 0.2) is 48.5 Å². The number of phenols is 2. The molecule has 1 unspecified atom stereocenters. The van der Waals surface area contributed by atoms with Crippen LogP contribution < -0.4 is 4.74 Å². The van der Waals surface area contributed by atoms with E-state index in [2.05, 4.69) is 0 Å². The molecule has 180 valence electrons. The van der Waals surface area contributed by atoms with Gasteiger partial charge in [-0.1, -0.05) is 49.9 Å². The summed E-state index contributed by atoms with van der Waals surface area (Å²) in [5.74, 6) is 1.33. The van der Waals surface area contributed by atoms with Crippen LogP contribution >= 0.6 is 0 Å². The number of fused-ring (bicyclic) bond motifs is 1. The maximum Gasteiger partial charge on any atom is 0.168 e. The van der Waals surface area contributed by atoms with E-state index in [0.717, 1.165) is 33.9 Å². The van der Waals surface area contributed by atoms with Gasteiger partial charge in [0, 0.05) is 18.4 Å². The van der Waals surface area contributed by atoms with Crippen molar-refractivity contribution >= 4 is 16.6 Å². The molecule has 1 atom stereocenters. The van der Waals surface area contributed by atoms with Gasteiger partial charge in [-0.3, -0.25) is 4.79 Å². The van der Waals surface area contributed by atoms with Crippen LogP contribution in [0.5, 0.6) is 17.2 Å². The van der Waals surface area contributed by atoms with Crippen molar-refractivity contribution in [3.8, 4) is 28.4 Å². The highest BCUT2D eigenvalue weighted by atomic mass is 16.5. The summed E-state index contributed by atoms with van der Waals surface area (Å²) >= 11 is 0. The van der Waals surface area contributed by atoms with E-state index in [1.54, 1.807) is 18.2 Å². The first-order chi connectivity index (χ1) is 16.4. The Morgan fingerprint density at radius 2 is 1.79 bits per heavy atom. The fraction of sp³-hybridized carbons (Fsp3) is 0.414. The van der Waals surface area contributed by atoms with Crippen molar-refractivity contribution in [2.24, 2.45) is 5.92 Å². The molecule has 4 rings (SSSR count). The Morgan fingerprint density at radius 1 is 1.03 bits per heavy atom. The lowest BCUT2D eigenvalue weighted by Gasteiger charge is -2.17. The summed E-state index contributed by atoms with van der Waals surface area (Å²) in [5, 5.41) is 32.5. The van der Waals surface area contributed by atoms with Crippen molar-refractivity contribution in [1.82, 2.24) is 0 Å². The van der Waals surface area contributed by atoms with E-state index in [-0.39, 0.29) is 23.7 Å². The topological polar surface area (TPSA) is 87.0 Å². The smallest absolute Gasteiger partial charge is 0.168 e. The van der Waals surface area contributed by atoms with Crippen LogP contribution in [0.2, 0.25) is 0 Å². The first-order valence-corrected chi connectivity index (χ1v) is 12.3. The van der Waals surface area contributed by atoms with E-state index in [9.17, 15) is 20.1 Å². The lowest BCUT2D eigenvalue weighted by molar-refractivity contribution is -0.121. The minimum absolute atomic E-state index is 0.0333. The van der Waals surface area contributed by atoms with Crippen LogP contribution in [0.4, 0.5) is 0 Å². The number of carbonyl (C=O) groups is 1. The summed E-state index contributed by atoms with van der Waals surface area (Å²) in [6, 6.07) is 14.5. The quantitative estimate of drug-likeness (QED) is 0.336. The summed E-state index contributed by atoms with van der Waals surface area (Å²) in [6.07, 6.45) is 7.19. The zero-order valence-corrected chi connectivity index (χ0v) is 19.8. The normalized spacial score (nSPS) is 15.0. The number of ketones is 1. The van der Waals surface area contributed by atoms with Gasteiger partial charge < -0.3 is 20.1 Å². The van der Waals surface area contributed by atoms with Crippen molar-refractivity contribution in [1.29, 1.82) is 0 Å². The van der Waals surface area contributed by atoms with Crippen LogP contribution in [-0.4, -0.2) is 34.3 Å². The van der Waals surface area contributed by atoms with Gasteiger partial charge in [0.15, 0.2) is 11.5 Å². The van der Waals surface area contributed by atoms with Crippen molar-refractivity contribution in [2.75, 3.05) is 7.11 Å². The second kappa shape index (κ2) is 10.9. The second-order valence-corrected chi connectivity index (χ2v) is 9.52. The fourth-order valence-electron chi connectivity index (χ4n) is 5.20. The first-order valence-electron chi connectivity index (χ1n) is 12.3. The minimum atomic E-state index is -0.574. The highest BCUT2D eigenvalue weighted by Crippen LogP contribution is 2.41. The van der Waals surface area contributed by atoms with Gasteiger partial charge in [-0.25, -0.2) is 0 Å². The fourth-order valence-corrected chi connectivity index (χ4v) is 5.20. The Labute approximate surface area is 201 Å². The van der Waals surface area contributed by atoms with Crippen molar-refractivity contribution in [3.05, 3.63) is 54.1 Å². The molecule has 0 radical (unpaired) electrons. The van der Waals surface area contributed by atoms with Crippen LogP contribution in [0.3, 0.4) is 0 Å². The largest absolute Gasteiger partial charge is 0.508 e. The van der Waals surface area contributed by atoms with Crippen molar-refractivity contribution in [2.45, 2.75) is 63.9 Å². The molecular weight excluding hydrogens is 428 g/mol. The molecular formula is C29H34O5. The third kappa shape index (κ3) is 5.71. The molecule has 1 fully saturated rings. The average molecular weight is 463 g/mol. The van der Waals surface area contributed by atoms with Crippen LogP contribution in [0.25, 0.3) is 21.9 Å². The number of Topliss-reactive ketones (excluding diaryl/α,β-unsaturated/α-hetero) is 1. The Bertz CT molecular complexity index is 1150. The van der Waals surface area contributed by atoms with Gasteiger partial charge in [0.05, 0.1) is 13.2 Å². The van der Waals surface area contributed by atoms with E-state index >= 15 is 0 Å². The number of ether oxygens (including phenoxy) is 1. The van der Waals surface area contributed by atoms with Gasteiger partial charge in [-0.15, -0.1) is 0 Å². The Kier molecular flexibility index (Phi) is 7.73. The monoisotopic (exact) mass is 462 g/mol. The predicted octanol–water partition coefficient (Wildman–Crippen LogP) is 6.15. The Hall–Kier alpha value is -3.05. The summed E-state index contributed by atoms with van der Waals surface area (Å²) in [5.41, 5.74) is 2.47. The first kappa shape index (κ1) is 24.1. The zero-order valence-electron chi connectivity index (χ0n) is 19.8. The number of rotatable bonds is 10. The average Bonchev–Trinajstić information content (AvgIpc) is 3.35. The van der Waals surface area contributed by atoms with Gasteiger partial charge >= 0.3 is 0 Å². The number of methoxy groups -OCH3 is 1. The number of aryl methyl sites for hydroxylation is 1. The molecule has 0 spiro atoms. The molecule has 0 aliphatic heterocycles. The third-order valence-electron chi connectivity index (χ3n) is 7.06. The standard InChI is InChI=1S/C29H34O5/c1-34-29-27(33)15-11-21(10-14-26(32)18-25(31)12-6-19-4-2-3-5-19)28(29)22-8-7-20-9-13-24(30)17-23(20)16-22/h7-9,11,13,15-17,19,25,30-31,33H,2-6,10,12,14,18H2,1H3. The SMILES string of the molecule is COc1c(O)ccc(CCC(=O)CC(O)CCC2CCCC2)c1-c1ccc2ccc(O)cc2c1. The van der Waals surface area contributed by atoms with Gasteiger partial charge in [0.1, 0.15) is 11.5 Å². The van der Waals surface area contributed by atoms with Crippen LogP contribution in [0, 0.1) is 5.92 Å². The van der Waals surface area contributed by atoms with E-state index in [1.807, 2.05) is 30.3 Å². The summed E-state index contributed by atoms with van der Waals surface area (Å²) in [7, 11) is 1.51. The van der Waals surface area contributed by atoms with Gasteiger partial charge in [-0.05, 0) is 71.3 Å². The molecule has 3 aromatic carbocycles. The number of hydrogen-bond acceptors (Lipinski definition) is 5. The van der Waals surface area contributed by atoms with E-state index in [0.29, 0.717) is 30.9 Å². The third-order valence-corrected chi connectivity index (χ3v) is 7.06. The predicted molar refractivity (Wildman–Crippen MR) is 134 cm³/mol. The zero-order chi connectivity index (χ0) is 24.1. The highest BCUT2D eigenvalue weighted by Gasteiger charge is 2.20. The molecule has 1 saturated carbocycles. The number of aliphatic hydroxyl groups excluding tert-OH is 1. The molecule has 0 amide bonds. The summed E-state index contributed by atoms with van der Waals surface area (Å²) < 4.78 is 5.53. The summed E-state index contributed by atoms with van der Waals surface area (Å²) in [4.78, 5) is 12.6. The van der Waals surface area contributed by atoms with Crippen LogP contribution in [-0.2, 0) is 11.2 Å². The number of benzene rings is 3. The van der Waals surface area contributed by atoms with E-state index in [4.69, 9.17) is 4.74 Å². The van der Waals surface area contributed by atoms with Gasteiger partial charge in [0.2, 0.25) is 0 Å².